The first-order valence-electron chi connectivity index (χ1n) is 4.89. The van der Waals surface area contributed by atoms with Crippen molar-refractivity contribution >= 4 is 5.91 Å². The van der Waals surface area contributed by atoms with Crippen molar-refractivity contribution in [3.05, 3.63) is 0 Å². The normalized spacial score (nSPS) is 19.9. The van der Waals surface area contributed by atoms with E-state index < -0.39 is 5.41 Å². The second kappa shape index (κ2) is 3.97. The Labute approximate surface area is 83.9 Å². The summed E-state index contributed by atoms with van der Waals surface area (Å²) in [5.74, 6) is -0.0498. The maximum atomic E-state index is 11.6. The Hall–Kier alpha value is -1.08. The summed E-state index contributed by atoms with van der Waals surface area (Å²) in [4.78, 5) is 11.6. The zero-order valence-electron chi connectivity index (χ0n) is 8.58. The molecule has 0 aliphatic heterocycles. The van der Waals surface area contributed by atoms with E-state index in [9.17, 15) is 4.79 Å². The fourth-order valence-electron chi connectivity index (χ4n) is 1.24. The van der Waals surface area contributed by atoms with Crippen molar-refractivity contribution in [2.75, 3.05) is 6.61 Å². The first kappa shape index (κ1) is 11.0. The molecule has 1 aliphatic carbocycles. The minimum Gasteiger partial charge on any atom is -0.394 e. The predicted molar refractivity (Wildman–Crippen MR) is 51.1 cm³/mol. The lowest BCUT2D eigenvalue weighted by atomic mass is 10.0. The minimum absolute atomic E-state index is 0.0785. The molecule has 1 aliphatic rings. The van der Waals surface area contributed by atoms with Gasteiger partial charge in [-0.2, -0.15) is 5.26 Å². The second-order valence-corrected chi connectivity index (χ2v) is 4.20. The summed E-state index contributed by atoms with van der Waals surface area (Å²) in [7, 11) is 0. The van der Waals surface area contributed by atoms with Crippen molar-refractivity contribution in [3.63, 3.8) is 0 Å². The number of carbonyl (C=O) groups is 1. The van der Waals surface area contributed by atoms with Crippen molar-refractivity contribution in [1.82, 2.24) is 5.32 Å². The molecule has 0 bridgehead atoms. The maximum Gasteiger partial charge on any atom is 0.240 e. The summed E-state index contributed by atoms with van der Waals surface area (Å²) < 4.78 is 0. The Bertz CT molecular complexity index is 264. The standard InChI is InChI=1S/C10H16N2O2/c1-7(2)8(5-13)12-9(14)10(6-11)3-4-10/h7-8,13H,3-5H2,1-2H3,(H,12,14)/t8-/m1/s1. The zero-order valence-corrected chi connectivity index (χ0v) is 8.58. The van der Waals surface area contributed by atoms with Crippen LogP contribution in [-0.2, 0) is 4.79 Å². The van der Waals surface area contributed by atoms with Crippen LogP contribution >= 0.6 is 0 Å². The van der Waals surface area contributed by atoms with Crippen LogP contribution in [0.5, 0.6) is 0 Å². The summed E-state index contributed by atoms with van der Waals surface area (Å²) in [6.07, 6.45) is 1.29. The van der Waals surface area contributed by atoms with Crippen molar-refractivity contribution in [3.8, 4) is 6.07 Å². The van der Waals surface area contributed by atoms with Crippen LogP contribution in [0.3, 0.4) is 0 Å². The van der Waals surface area contributed by atoms with E-state index in [1.807, 2.05) is 19.9 Å². The van der Waals surface area contributed by atoms with Crippen LogP contribution in [0.1, 0.15) is 26.7 Å². The Balaban J connectivity index is 2.52. The third kappa shape index (κ3) is 2.05. The number of nitrogens with zero attached hydrogens (tertiary/aromatic N) is 1. The molecule has 0 spiro atoms. The Kier molecular flexibility index (Phi) is 3.12. The highest BCUT2D eigenvalue weighted by atomic mass is 16.3. The molecule has 78 valence electrons. The van der Waals surface area contributed by atoms with E-state index in [-0.39, 0.29) is 24.5 Å². The number of nitriles is 1. The van der Waals surface area contributed by atoms with Crippen LogP contribution in [-0.4, -0.2) is 23.7 Å². The average molecular weight is 196 g/mol. The molecule has 1 rings (SSSR count). The molecule has 4 nitrogen and oxygen atoms in total. The molecular weight excluding hydrogens is 180 g/mol. The van der Waals surface area contributed by atoms with E-state index in [2.05, 4.69) is 5.32 Å². The number of carbonyl (C=O) groups excluding carboxylic acids is 1. The van der Waals surface area contributed by atoms with E-state index in [0.29, 0.717) is 12.8 Å². The van der Waals surface area contributed by atoms with Gasteiger partial charge in [0.1, 0.15) is 5.41 Å². The van der Waals surface area contributed by atoms with Crippen LogP contribution in [0.2, 0.25) is 0 Å². The third-order valence-corrected chi connectivity index (χ3v) is 2.72. The molecule has 2 N–H and O–H groups in total. The quantitative estimate of drug-likeness (QED) is 0.684. The number of amides is 1. The van der Waals surface area contributed by atoms with Crippen molar-refractivity contribution in [1.29, 1.82) is 5.26 Å². The van der Waals surface area contributed by atoms with E-state index in [4.69, 9.17) is 10.4 Å². The van der Waals surface area contributed by atoms with Crippen molar-refractivity contribution in [2.24, 2.45) is 11.3 Å². The van der Waals surface area contributed by atoms with E-state index in [1.165, 1.54) is 0 Å². The lowest BCUT2D eigenvalue weighted by Crippen LogP contribution is -2.44. The zero-order chi connectivity index (χ0) is 10.8. The lowest BCUT2D eigenvalue weighted by molar-refractivity contribution is -0.125. The average Bonchev–Trinajstić information content (AvgIpc) is 2.93. The summed E-state index contributed by atoms with van der Waals surface area (Å²) in [5, 5.41) is 20.5. The molecule has 4 heteroatoms. The van der Waals surface area contributed by atoms with E-state index >= 15 is 0 Å². The van der Waals surface area contributed by atoms with Gasteiger partial charge in [-0.3, -0.25) is 4.79 Å². The van der Waals surface area contributed by atoms with Gasteiger partial charge in [-0.25, -0.2) is 0 Å². The highest BCUT2D eigenvalue weighted by Crippen LogP contribution is 2.45. The van der Waals surface area contributed by atoms with Gasteiger partial charge in [0.05, 0.1) is 18.7 Å². The number of rotatable bonds is 4. The number of aliphatic hydroxyl groups excluding tert-OH is 1. The summed E-state index contributed by atoms with van der Waals surface area (Å²) in [5.41, 5.74) is -0.789. The first-order valence-corrected chi connectivity index (χ1v) is 4.89. The van der Waals surface area contributed by atoms with E-state index in [1.54, 1.807) is 0 Å². The SMILES string of the molecule is CC(C)[C@@H](CO)NC(=O)C1(C#N)CC1. The molecule has 1 saturated carbocycles. The highest BCUT2D eigenvalue weighted by molar-refractivity contribution is 5.88. The van der Waals surface area contributed by atoms with Gasteiger partial charge in [-0.05, 0) is 18.8 Å². The fraction of sp³-hybridized carbons (Fsp3) is 0.800. The molecular formula is C10H16N2O2. The Morgan fingerprint density at radius 2 is 2.21 bits per heavy atom. The van der Waals surface area contributed by atoms with E-state index in [0.717, 1.165) is 0 Å². The van der Waals surface area contributed by atoms with Crippen LogP contribution in [0.25, 0.3) is 0 Å². The Morgan fingerprint density at radius 3 is 2.50 bits per heavy atom. The summed E-state index contributed by atoms with van der Waals surface area (Å²) in [6.45, 7) is 3.77. The second-order valence-electron chi connectivity index (χ2n) is 4.20. The van der Waals surface area contributed by atoms with Crippen molar-refractivity contribution in [2.45, 2.75) is 32.7 Å². The molecule has 1 atom stereocenters. The number of hydrogen-bond acceptors (Lipinski definition) is 3. The van der Waals surface area contributed by atoms with Gasteiger partial charge in [-0.15, -0.1) is 0 Å². The molecule has 0 saturated heterocycles. The van der Waals surface area contributed by atoms with Crippen LogP contribution in [0.15, 0.2) is 0 Å². The van der Waals surface area contributed by atoms with Gasteiger partial charge in [-0.1, -0.05) is 13.8 Å². The lowest BCUT2D eigenvalue weighted by Gasteiger charge is -2.21. The van der Waals surface area contributed by atoms with Gasteiger partial charge < -0.3 is 10.4 Å². The molecule has 0 aromatic rings. The van der Waals surface area contributed by atoms with Crippen LogP contribution < -0.4 is 5.32 Å². The number of hydrogen-bond donors (Lipinski definition) is 2. The molecule has 14 heavy (non-hydrogen) atoms. The van der Waals surface area contributed by atoms with Crippen LogP contribution in [0.4, 0.5) is 0 Å². The van der Waals surface area contributed by atoms with Gasteiger partial charge in [0, 0.05) is 0 Å². The molecule has 1 amide bonds. The molecule has 0 aromatic carbocycles. The number of aliphatic hydroxyl groups is 1. The molecule has 0 aromatic heterocycles. The number of nitrogens with one attached hydrogen (secondary N) is 1. The maximum absolute atomic E-state index is 11.6. The van der Waals surface area contributed by atoms with Gasteiger partial charge in [0.2, 0.25) is 5.91 Å². The fourth-order valence-corrected chi connectivity index (χ4v) is 1.24. The smallest absolute Gasteiger partial charge is 0.240 e. The monoisotopic (exact) mass is 196 g/mol. The predicted octanol–water partition coefficient (Wildman–Crippen LogP) is 0.423. The molecule has 0 radical (unpaired) electrons. The molecule has 0 heterocycles. The first-order chi connectivity index (χ1) is 6.55. The minimum atomic E-state index is -0.789. The molecule has 1 fully saturated rings. The Morgan fingerprint density at radius 1 is 1.64 bits per heavy atom. The summed E-state index contributed by atoms with van der Waals surface area (Å²) >= 11 is 0. The van der Waals surface area contributed by atoms with Gasteiger partial charge in [0.25, 0.3) is 0 Å². The van der Waals surface area contributed by atoms with Gasteiger partial charge >= 0.3 is 0 Å². The van der Waals surface area contributed by atoms with Crippen LogP contribution in [0, 0.1) is 22.7 Å². The highest BCUT2D eigenvalue weighted by Gasteiger charge is 2.51. The summed E-state index contributed by atoms with van der Waals surface area (Å²) in [6, 6.07) is 1.78. The van der Waals surface area contributed by atoms with Gasteiger partial charge in [0.15, 0.2) is 0 Å². The van der Waals surface area contributed by atoms with Crippen molar-refractivity contribution < 1.29 is 9.90 Å². The molecule has 0 unspecified atom stereocenters. The third-order valence-electron chi connectivity index (χ3n) is 2.72. The largest absolute Gasteiger partial charge is 0.394 e. The topological polar surface area (TPSA) is 73.1 Å².